The Morgan fingerprint density at radius 3 is 2.62 bits per heavy atom. The van der Waals surface area contributed by atoms with Crippen LogP contribution in [0.5, 0.6) is 0 Å². The monoisotopic (exact) mass is 283 g/mol. The fourth-order valence-electron chi connectivity index (χ4n) is 3.17. The molecule has 1 aliphatic rings. The van der Waals surface area contributed by atoms with Crippen molar-refractivity contribution >= 4 is 5.78 Å². The van der Waals surface area contributed by atoms with E-state index in [2.05, 4.69) is 17.3 Å². The lowest BCUT2D eigenvalue weighted by molar-refractivity contribution is 0.0708. The van der Waals surface area contributed by atoms with Crippen LogP contribution in [0.4, 0.5) is 0 Å². The number of nitrogens with one attached hydrogen (secondary N) is 1. The minimum Gasteiger partial charge on any atom is -0.317 e. The molecular formula is C17H21N3O. The van der Waals surface area contributed by atoms with Crippen molar-refractivity contribution in [2.75, 3.05) is 13.1 Å². The standard InChI is InChI=1S/C17H21N3O/c1-2-17(9-12-18-13-10-17)16(21)15-8-11-19-20(15)14-6-4-3-5-7-14/h3-8,11,18H,2,9-10,12-13H2,1H3. The van der Waals surface area contributed by atoms with Crippen molar-refractivity contribution in [3.8, 4) is 5.69 Å². The van der Waals surface area contributed by atoms with Crippen LogP contribution in [-0.2, 0) is 0 Å². The largest absolute Gasteiger partial charge is 0.317 e. The SMILES string of the molecule is CCC1(C(=O)c2ccnn2-c2ccccc2)CCNCC1. The predicted octanol–water partition coefficient (Wildman–Crippen LogP) is 2.83. The molecule has 1 saturated heterocycles. The van der Waals surface area contributed by atoms with Crippen molar-refractivity contribution < 1.29 is 4.79 Å². The molecule has 1 fully saturated rings. The zero-order chi connectivity index (χ0) is 14.7. The minimum atomic E-state index is -0.238. The second kappa shape index (κ2) is 5.82. The van der Waals surface area contributed by atoms with Gasteiger partial charge in [-0.15, -0.1) is 0 Å². The summed E-state index contributed by atoms with van der Waals surface area (Å²) in [7, 11) is 0. The summed E-state index contributed by atoms with van der Waals surface area (Å²) < 4.78 is 1.77. The van der Waals surface area contributed by atoms with Gasteiger partial charge in [0.25, 0.3) is 0 Å². The molecule has 0 spiro atoms. The van der Waals surface area contributed by atoms with Gasteiger partial charge in [0.2, 0.25) is 0 Å². The normalized spacial score (nSPS) is 17.6. The van der Waals surface area contributed by atoms with E-state index >= 15 is 0 Å². The van der Waals surface area contributed by atoms with Crippen molar-refractivity contribution in [2.45, 2.75) is 26.2 Å². The molecule has 1 aromatic heterocycles. The van der Waals surface area contributed by atoms with E-state index in [1.807, 2.05) is 36.4 Å². The lowest BCUT2D eigenvalue weighted by Gasteiger charge is -2.35. The number of ketones is 1. The van der Waals surface area contributed by atoms with E-state index in [4.69, 9.17) is 0 Å². The Hall–Kier alpha value is -1.94. The number of nitrogens with zero attached hydrogens (tertiary/aromatic N) is 2. The van der Waals surface area contributed by atoms with Crippen LogP contribution in [0.3, 0.4) is 0 Å². The number of carbonyl (C=O) groups is 1. The molecule has 1 aliphatic heterocycles. The molecule has 21 heavy (non-hydrogen) atoms. The van der Waals surface area contributed by atoms with Crippen LogP contribution >= 0.6 is 0 Å². The van der Waals surface area contributed by atoms with Crippen LogP contribution in [0.2, 0.25) is 0 Å². The molecule has 4 nitrogen and oxygen atoms in total. The first-order valence-electron chi connectivity index (χ1n) is 7.62. The summed E-state index contributed by atoms with van der Waals surface area (Å²) in [6.07, 6.45) is 4.41. The Morgan fingerprint density at radius 1 is 1.24 bits per heavy atom. The first-order valence-corrected chi connectivity index (χ1v) is 7.62. The van der Waals surface area contributed by atoms with Crippen LogP contribution < -0.4 is 5.32 Å². The van der Waals surface area contributed by atoms with E-state index in [9.17, 15) is 4.79 Å². The number of aromatic nitrogens is 2. The second-order valence-corrected chi connectivity index (χ2v) is 5.68. The Bertz CT molecular complexity index is 612. The molecule has 1 aromatic carbocycles. The van der Waals surface area contributed by atoms with Gasteiger partial charge in [0, 0.05) is 5.41 Å². The maximum absolute atomic E-state index is 13.1. The summed E-state index contributed by atoms with van der Waals surface area (Å²) in [6, 6.07) is 11.7. The molecule has 110 valence electrons. The van der Waals surface area contributed by atoms with E-state index < -0.39 is 0 Å². The number of piperidine rings is 1. The Kier molecular flexibility index (Phi) is 3.88. The van der Waals surface area contributed by atoms with Crippen molar-refractivity contribution in [3.63, 3.8) is 0 Å². The summed E-state index contributed by atoms with van der Waals surface area (Å²) in [5, 5.41) is 7.69. The first kappa shape index (κ1) is 14.0. The third-order valence-electron chi connectivity index (χ3n) is 4.60. The highest BCUT2D eigenvalue weighted by Gasteiger charge is 2.39. The van der Waals surface area contributed by atoms with Gasteiger partial charge in [-0.1, -0.05) is 25.1 Å². The molecule has 0 radical (unpaired) electrons. The van der Waals surface area contributed by atoms with Crippen LogP contribution in [-0.4, -0.2) is 28.7 Å². The van der Waals surface area contributed by atoms with Crippen molar-refractivity contribution in [1.82, 2.24) is 15.1 Å². The van der Waals surface area contributed by atoms with E-state index in [-0.39, 0.29) is 11.2 Å². The number of hydrogen-bond donors (Lipinski definition) is 1. The molecule has 0 aliphatic carbocycles. The number of para-hydroxylation sites is 1. The molecule has 0 unspecified atom stereocenters. The molecular weight excluding hydrogens is 262 g/mol. The quantitative estimate of drug-likeness (QED) is 0.878. The first-order chi connectivity index (χ1) is 10.3. The molecule has 0 bridgehead atoms. The van der Waals surface area contributed by atoms with E-state index in [0.29, 0.717) is 5.69 Å². The van der Waals surface area contributed by atoms with Gasteiger partial charge < -0.3 is 5.32 Å². The van der Waals surface area contributed by atoms with E-state index in [1.54, 1.807) is 10.9 Å². The average molecular weight is 283 g/mol. The molecule has 4 heteroatoms. The molecule has 2 heterocycles. The number of carbonyl (C=O) groups excluding carboxylic acids is 1. The Labute approximate surface area is 125 Å². The highest BCUT2D eigenvalue weighted by atomic mass is 16.1. The average Bonchev–Trinajstić information content (AvgIpc) is 3.05. The van der Waals surface area contributed by atoms with Gasteiger partial charge in [-0.25, -0.2) is 4.68 Å². The van der Waals surface area contributed by atoms with Gasteiger partial charge in [0.05, 0.1) is 11.9 Å². The summed E-state index contributed by atoms with van der Waals surface area (Å²) in [4.78, 5) is 13.1. The van der Waals surface area contributed by atoms with Crippen LogP contribution in [0.15, 0.2) is 42.6 Å². The smallest absolute Gasteiger partial charge is 0.187 e. The number of hydrogen-bond acceptors (Lipinski definition) is 3. The summed E-state index contributed by atoms with van der Waals surface area (Å²) in [5.41, 5.74) is 1.40. The second-order valence-electron chi connectivity index (χ2n) is 5.68. The molecule has 1 N–H and O–H groups in total. The van der Waals surface area contributed by atoms with Gasteiger partial charge in [-0.05, 0) is 50.6 Å². The summed E-state index contributed by atoms with van der Waals surface area (Å²) in [5.74, 6) is 0.229. The minimum absolute atomic E-state index is 0.229. The van der Waals surface area contributed by atoms with Gasteiger partial charge in [-0.3, -0.25) is 4.79 Å². The number of rotatable bonds is 4. The van der Waals surface area contributed by atoms with Gasteiger partial charge in [0.1, 0.15) is 5.69 Å². The van der Waals surface area contributed by atoms with Crippen LogP contribution in [0.25, 0.3) is 5.69 Å². The van der Waals surface area contributed by atoms with Gasteiger partial charge in [0.15, 0.2) is 5.78 Å². The summed E-state index contributed by atoms with van der Waals surface area (Å²) >= 11 is 0. The summed E-state index contributed by atoms with van der Waals surface area (Å²) in [6.45, 7) is 3.95. The zero-order valence-electron chi connectivity index (χ0n) is 12.4. The highest BCUT2D eigenvalue weighted by Crippen LogP contribution is 2.36. The fraction of sp³-hybridized carbons (Fsp3) is 0.412. The van der Waals surface area contributed by atoms with E-state index in [0.717, 1.165) is 38.0 Å². The topological polar surface area (TPSA) is 46.9 Å². The molecule has 0 atom stereocenters. The molecule has 0 saturated carbocycles. The maximum Gasteiger partial charge on any atom is 0.187 e. The van der Waals surface area contributed by atoms with Gasteiger partial charge in [-0.2, -0.15) is 5.10 Å². The Morgan fingerprint density at radius 2 is 1.95 bits per heavy atom. The van der Waals surface area contributed by atoms with E-state index in [1.165, 1.54) is 0 Å². The van der Waals surface area contributed by atoms with Crippen molar-refractivity contribution in [3.05, 3.63) is 48.3 Å². The third-order valence-corrected chi connectivity index (χ3v) is 4.60. The third kappa shape index (κ3) is 2.51. The highest BCUT2D eigenvalue weighted by molar-refractivity contribution is 5.99. The van der Waals surface area contributed by atoms with Crippen molar-refractivity contribution in [2.24, 2.45) is 5.41 Å². The predicted molar refractivity (Wildman–Crippen MR) is 82.7 cm³/mol. The maximum atomic E-state index is 13.1. The lowest BCUT2D eigenvalue weighted by atomic mass is 9.72. The molecule has 3 rings (SSSR count). The number of Topliss-reactive ketones (excluding diaryl/α,β-unsaturated/α-hetero) is 1. The van der Waals surface area contributed by atoms with Crippen LogP contribution in [0, 0.1) is 5.41 Å². The lowest BCUT2D eigenvalue weighted by Crippen LogP contribution is -2.42. The molecule has 2 aromatic rings. The van der Waals surface area contributed by atoms with Gasteiger partial charge >= 0.3 is 0 Å². The molecule has 0 amide bonds. The Balaban J connectivity index is 1.97. The van der Waals surface area contributed by atoms with Crippen LogP contribution in [0.1, 0.15) is 36.7 Å². The fourth-order valence-corrected chi connectivity index (χ4v) is 3.17. The zero-order valence-corrected chi connectivity index (χ0v) is 12.4. The van der Waals surface area contributed by atoms with Crippen molar-refractivity contribution in [1.29, 1.82) is 0 Å². The number of benzene rings is 1.